The fourth-order valence-corrected chi connectivity index (χ4v) is 0.547. The van der Waals surface area contributed by atoms with Crippen molar-refractivity contribution in [2.45, 2.75) is 33.1 Å². The van der Waals surface area contributed by atoms with Crippen LogP contribution in [0.1, 0.15) is 33.1 Å². The maximum Gasteiger partial charge on any atom is 1.00 e. The Labute approximate surface area is 219 Å². The van der Waals surface area contributed by atoms with Crippen molar-refractivity contribution >= 4 is 0 Å². The number of rotatable bonds is 5. The largest absolute Gasteiger partial charge is 1.00 e. The maximum absolute atomic E-state index is 2.28. The fraction of sp³-hybridized carbons (Fsp3) is 0.625. The first-order valence-electron chi connectivity index (χ1n) is 3.33. The van der Waals surface area contributed by atoms with E-state index in [1.807, 2.05) is 0 Å². The minimum absolute atomic E-state index is 0. The summed E-state index contributed by atoms with van der Waals surface area (Å²) in [6, 6.07) is 0. The van der Waals surface area contributed by atoms with Gasteiger partial charge in [0.05, 0.1) is 0 Å². The number of unbranched alkanes of at least 4 members (excludes halogenated alkanes) is 5. The van der Waals surface area contributed by atoms with Crippen LogP contribution in [0.25, 0.3) is 0 Å². The summed E-state index contributed by atoms with van der Waals surface area (Å²) >= 11 is 0. The minimum Gasteiger partial charge on any atom is -0.386 e. The predicted octanol–water partition coefficient (Wildman–Crippen LogP) is -6.18. The summed E-state index contributed by atoms with van der Waals surface area (Å²) in [5.41, 5.74) is 0. The monoisotopic (exact) mass is 366 g/mol. The van der Waals surface area contributed by atoms with Crippen LogP contribution in [0.4, 0.5) is 0 Å². The Balaban J connectivity index is -0.0000000817. The molecule has 0 unspecified atom stereocenters. The second-order valence-corrected chi connectivity index (χ2v) is 1.87. The van der Waals surface area contributed by atoms with E-state index in [1.54, 1.807) is 0 Å². The molecule has 3 heteroatoms. The molecule has 0 spiro atoms. The van der Waals surface area contributed by atoms with Crippen molar-refractivity contribution in [2.24, 2.45) is 0 Å². The Kier molecular flexibility index (Phi) is 56.6. The molecule has 0 saturated carbocycles. The van der Waals surface area contributed by atoms with Crippen LogP contribution in [0, 0.1) is 19.3 Å². The van der Waals surface area contributed by atoms with E-state index in [0.29, 0.717) is 0 Å². The van der Waals surface area contributed by atoms with Crippen LogP contribution in [0.2, 0.25) is 0 Å². The van der Waals surface area contributed by atoms with Gasteiger partial charge in [0.1, 0.15) is 0 Å². The molecule has 0 aliphatic rings. The summed E-state index contributed by atoms with van der Waals surface area (Å²) in [6.45, 7) is 4.26. The van der Waals surface area contributed by atoms with Crippen LogP contribution in [0.3, 0.4) is 0 Å². The van der Waals surface area contributed by atoms with Gasteiger partial charge in [-0.25, -0.2) is 0 Å². The Morgan fingerprint density at radius 1 is 0.909 bits per heavy atom. The van der Waals surface area contributed by atoms with Crippen molar-refractivity contribution in [1.82, 2.24) is 0 Å². The normalized spacial score (nSPS) is 7.09. The molecule has 0 N–H and O–H groups in total. The third kappa shape index (κ3) is 25.6. The second-order valence-electron chi connectivity index (χ2n) is 1.87. The van der Waals surface area contributed by atoms with Crippen molar-refractivity contribution in [3.05, 3.63) is 19.3 Å². The molecule has 0 rings (SSSR count). The summed E-state index contributed by atoms with van der Waals surface area (Å²) in [7, 11) is 0. The molecule has 0 atom stereocenters. The van der Waals surface area contributed by atoms with Crippen LogP contribution in [-0.4, -0.2) is 0 Å². The fourth-order valence-electron chi connectivity index (χ4n) is 0.547. The van der Waals surface area contributed by atoms with E-state index in [1.165, 1.54) is 12.8 Å². The van der Waals surface area contributed by atoms with Crippen LogP contribution in [-0.2, 0) is 0 Å². The number of hydrogen-bond acceptors (Lipinski definition) is 0. The van der Waals surface area contributed by atoms with Gasteiger partial charge in [0.2, 0.25) is 0 Å². The molecular weight excluding hydrogens is 352 g/mol. The van der Waals surface area contributed by atoms with Crippen LogP contribution in [0.5, 0.6) is 0 Å². The zero-order valence-electron chi connectivity index (χ0n) is 8.85. The third-order valence-corrected chi connectivity index (χ3v) is 1.02. The van der Waals surface area contributed by atoms with Gasteiger partial charge in [-0.15, -0.1) is 0 Å². The first kappa shape index (κ1) is 25.3. The van der Waals surface area contributed by atoms with Gasteiger partial charge < -0.3 is 32.1 Å². The van der Waals surface area contributed by atoms with Crippen molar-refractivity contribution < 1.29 is 175 Å². The van der Waals surface area contributed by atoms with Gasteiger partial charge in [-0.1, -0.05) is 6.92 Å². The van der Waals surface area contributed by atoms with Crippen LogP contribution < -0.4 is 175 Å². The van der Waals surface area contributed by atoms with Gasteiger partial charge in [-0.3, -0.25) is 0 Å². The summed E-state index contributed by atoms with van der Waals surface area (Å²) < 4.78 is 0. The van der Waals surface area contributed by atoms with Gasteiger partial charge in [0.15, 0.2) is 0 Å². The Morgan fingerprint density at radius 3 is 1.82 bits per heavy atom. The van der Waals surface area contributed by atoms with Crippen molar-refractivity contribution in [3.63, 3.8) is 0 Å². The first-order chi connectivity index (χ1) is 3.91. The van der Waals surface area contributed by atoms with Gasteiger partial charge in [0.25, 0.3) is 0 Å². The standard InChI is InChI=1S/C8H15.3Rb/c1-3-5-7-8-6-4-2;;;/h3,6-7H,4-5,8H2,1-2H3;;;/q-3;3*+1. The van der Waals surface area contributed by atoms with E-state index < -0.39 is 0 Å². The van der Waals surface area contributed by atoms with E-state index in [2.05, 4.69) is 33.1 Å². The predicted molar refractivity (Wildman–Crippen MR) is 38.1 cm³/mol. The molecule has 0 aliphatic carbocycles. The number of hydrogen-bond donors (Lipinski definition) is 0. The van der Waals surface area contributed by atoms with Gasteiger partial charge >= 0.3 is 175 Å². The average Bonchev–Trinajstić information content (AvgIpc) is 1.81. The van der Waals surface area contributed by atoms with Crippen LogP contribution in [0.15, 0.2) is 0 Å². The van der Waals surface area contributed by atoms with Crippen molar-refractivity contribution in [1.29, 1.82) is 0 Å². The van der Waals surface area contributed by atoms with E-state index in [9.17, 15) is 0 Å². The SMILES string of the molecule is C[CH-]C[CH-]C[CH-]CC.[Rb+].[Rb+].[Rb+]. The minimum atomic E-state index is 0. The topological polar surface area (TPSA) is 0 Å². The summed E-state index contributed by atoms with van der Waals surface area (Å²) in [5.74, 6) is 0. The van der Waals surface area contributed by atoms with Crippen molar-refractivity contribution in [3.8, 4) is 0 Å². The Hall–Kier alpha value is 5.42. The molecule has 0 saturated heterocycles. The van der Waals surface area contributed by atoms with E-state index in [-0.39, 0.29) is 175 Å². The summed E-state index contributed by atoms with van der Waals surface area (Å²) in [4.78, 5) is 0. The molecule has 0 aromatic rings. The summed E-state index contributed by atoms with van der Waals surface area (Å²) in [6.07, 6.45) is 10.2. The zero-order chi connectivity index (χ0) is 6.24. The van der Waals surface area contributed by atoms with Crippen LogP contribution >= 0.6 is 0 Å². The van der Waals surface area contributed by atoms with Crippen molar-refractivity contribution in [2.75, 3.05) is 0 Å². The second kappa shape index (κ2) is 24.6. The quantitative estimate of drug-likeness (QED) is 0.335. The molecule has 0 nitrogen and oxygen atoms in total. The Bertz CT molecular complexity index is 34.3. The van der Waals surface area contributed by atoms with Gasteiger partial charge in [-0.2, -0.15) is 13.3 Å². The first-order valence-corrected chi connectivity index (χ1v) is 3.33. The zero-order valence-corrected chi connectivity index (χ0v) is 23.6. The molecule has 0 bridgehead atoms. The molecule has 0 heterocycles. The average molecular weight is 368 g/mol. The smallest absolute Gasteiger partial charge is 0.386 e. The Morgan fingerprint density at radius 2 is 1.45 bits per heavy atom. The third-order valence-electron chi connectivity index (χ3n) is 1.02. The molecule has 11 heavy (non-hydrogen) atoms. The maximum atomic E-state index is 2.28. The van der Waals surface area contributed by atoms with E-state index >= 15 is 0 Å². The van der Waals surface area contributed by atoms with E-state index in [4.69, 9.17) is 0 Å². The molecule has 0 aromatic heterocycles. The molecule has 0 aliphatic heterocycles. The molecule has 0 fully saturated rings. The molecule has 0 amide bonds. The molecule has 50 valence electrons. The van der Waals surface area contributed by atoms with Gasteiger partial charge in [0, 0.05) is 0 Å². The molecule has 0 aromatic carbocycles. The van der Waals surface area contributed by atoms with E-state index in [0.717, 1.165) is 6.42 Å². The molecule has 0 radical (unpaired) electrons. The molecular formula is C8H15Rb3. The van der Waals surface area contributed by atoms with Gasteiger partial charge in [-0.05, 0) is 0 Å². The summed E-state index contributed by atoms with van der Waals surface area (Å²) in [5, 5.41) is 0.